The molecule has 1 aliphatic carbocycles. The third kappa shape index (κ3) is 2.40. The van der Waals surface area contributed by atoms with Crippen molar-refractivity contribution in [2.75, 3.05) is 6.61 Å². The smallest absolute Gasteiger partial charge is 0.198 e. The van der Waals surface area contributed by atoms with Crippen LogP contribution in [0.15, 0.2) is 30.3 Å². The standard InChI is InChI=1S/C19H18O4/c1-3-4-9-23-14-10-11(2)17(20)16-15(14)18(21)12-7-5-6-8-13(12)19(16)22/h5-8,10,20H,3-4,9H2,1-2H3. The summed E-state index contributed by atoms with van der Waals surface area (Å²) in [6, 6.07) is 8.30. The fourth-order valence-electron chi connectivity index (χ4n) is 2.81. The lowest BCUT2D eigenvalue weighted by atomic mass is 9.82. The first-order valence-electron chi connectivity index (χ1n) is 7.74. The van der Waals surface area contributed by atoms with Crippen LogP contribution in [-0.4, -0.2) is 23.3 Å². The molecule has 3 rings (SSSR count). The Morgan fingerprint density at radius 3 is 2.26 bits per heavy atom. The number of benzene rings is 2. The molecule has 23 heavy (non-hydrogen) atoms. The van der Waals surface area contributed by atoms with E-state index in [-0.39, 0.29) is 28.4 Å². The number of rotatable bonds is 4. The van der Waals surface area contributed by atoms with E-state index in [2.05, 4.69) is 0 Å². The molecular formula is C19H18O4. The number of phenolic OH excluding ortho intramolecular Hbond substituents is 1. The van der Waals surface area contributed by atoms with Gasteiger partial charge in [-0.15, -0.1) is 0 Å². The van der Waals surface area contributed by atoms with Crippen LogP contribution in [0.2, 0.25) is 0 Å². The molecule has 0 amide bonds. The summed E-state index contributed by atoms with van der Waals surface area (Å²) < 4.78 is 5.73. The fourth-order valence-corrected chi connectivity index (χ4v) is 2.81. The largest absolute Gasteiger partial charge is 0.507 e. The summed E-state index contributed by atoms with van der Waals surface area (Å²) in [6.07, 6.45) is 1.82. The Kier molecular flexibility index (Phi) is 3.90. The molecule has 0 saturated heterocycles. The van der Waals surface area contributed by atoms with Crippen LogP contribution in [-0.2, 0) is 0 Å². The Morgan fingerprint density at radius 2 is 1.65 bits per heavy atom. The maximum absolute atomic E-state index is 12.8. The van der Waals surface area contributed by atoms with Crippen molar-refractivity contribution in [2.24, 2.45) is 0 Å². The number of ether oxygens (including phenoxy) is 1. The summed E-state index contributed by atoms with van der Waals surface area (Å²) in [7, 11) is 0. The van der Waals surface area contributed by atoms with Gasteiger partial charge in [0.1, 0.15) is 11.5 Å². The Bertz CT molecular complexity index is 805. The molecule has 0 unspecified atom stereocenters. The van der Waals surface area contributed by atoms with Crippen molar-refractivity contribution in [1.82, 2.24) is 0 Å². The number of unbranched alkanes of at least 4 members (excludes halogenated alkanes) is 1. The van der Waals surface area contributed by atoms with E-state index in [4.69, 9.17) is 4.74 Å². The van der Waals surface area contributed by atoms with Gasteiger partial charge in [0, 0.05) is 11.1 Å². The molecule has 0 aromatic heterocycles. The zero-order valence-corrected chi connectivity index (χ0v) is 13.2. The molecule has 0 bridgehead atoms. The average Bonchev–Trinajstić information content (AvgIpc) is 2.56. The van der Waals surface area contributed by atoms with E-state index < -0.39 is 0 Å². The van der Waals surface area contributed by atoms with Gasteiger partial charge in [-0.05, 0) is 25.0 Å². The van der Waals surface area contributed by atoms with Crippen LogP contribution >= 0.6 is 0 Å². The zero-order chi connectivity index (χ0) is 16.6. The van der Waals surface area contributed by atoms with Gasteiger partial charge in [-0.2, -0.15) is 0 Å². The van der Waals surface area contributed by atoms with E-state index in [0.29, 0.717) is 29.0 Å². The summed E-state index contributed by atoms with van der Waals surface area (Å²) >= 11 is 0. The number of phenols is 1. The molecule has 0 saturated carbocycles. The summed E-state index contributed by atoms with van der Waals surface area (Å²) in [5, 5.41) is 10.3. The molecule has 1 aliphatic rings. The molecule has 0 heterocycles. The molecule has 0 radical (unpaired) electrons. The number of carbonyl (C=O) groups is 2. The number of ketones is 2. The second-order valence-electron chi connectivity index (χ2n) is 5.70. The molecule has 2 aromatic rings. The topological polar surface area (TPSA) is 63.6 Å². The minimum Gasteiger partial charge on any atom is -0.507 e. The van der Waals surface area contributed by atoms with E-state index >= 15 is 0 Å². The molecule has 118 valence electrons. The quantitative estimate of drug-likeness (QED) is 0.747. The van der Waals surface area contributed by atoms with Crippen molar-refractivity contribution < 1.29 is 19.4 Å². The summed E-state index contributed by atoms with van der Waals surface area (Å²) in [4.78, 5) is 25.6. The van der Waals surface area contributed by atoms with Crippen molar-refractivity contribution in [1.29, 1.82) is 0 Å². The summed E-state index contributed by atoms with van der Waals surface area (Å²) in [5.41, 5.74) is 1.43. The van der Waals surface area contributed by atoms with Crippen molar-refractivity contribution in [2.45, 2.75) is 26.7 Å². The number of hydrogen-bond acceptors (Lipinski definition) is 4. The molecular weight excluding hydrogens is 292 g/mol. The van der Waals surface area contributed by atoms with Gasteiger partial charge in [-0.3, -0.25) is 9.59 Å². The highest BCUT2D eigenvalue weighted by molar-refractivity contribution is 6.30. The SMILES string of the molecule is CCCCOc1cc(C)c(O)c2c1C(=O)c1ccccc1C2=O. The van der Waals surface area contributed by atoms with Crippen molar-refractivity contribution in [3.05, 3.63) is 58.1 Å². The van der Waals surface area contributed by atoms with Crippen molar-refractivity contribution in [3.63, 3.8) is 0 Å². The van der Waals surface area contributed by atoms with Gasteiger partial charge in [0.2, 0.25) is 0 Å². The normalized spacial score (nSPS) is 12.8. The number of fused-ring (bicyclic) bond motifs is 2. The first-order valence-corrected chi connectivity index (χ1v) is 7.74. The Hall–Kier alpha value is -2.62. The van der Waals surface area contributed by atoms with Crippen LogP contribution in [0.3, 0.4) is 0 Å². The Balaban J connectivity index is 2.20. The van der Waals surface area contributed by atoms with E-state index in [1.165, 1.54) is 0 Å². The number of aryl methyl sites for hydroxylation is 1. The molecule has 4 nitrogen and oxygen atoms in total. The molecule has 2 aromatic carbocycles. The second kappa shape index (κ2) is 5.88. The Morgan fingerprint density at radius 1 is 1.04 bits per heavy atom. The van der Waals surface area contributed by atoms with Crippen molar-refractivity contribution >= 4 is 11.6 Å². The van der Waals surface area contributed by atoms with Gasteiger partial charge in [-0.1, -0.05) is 37.6 Å². The van der Waals surface area contributed by atoms with Gasteiger partial charge in [0.25, 0.3) is 0 Å². The van der Waals surface area contributed by atoms with E-state index in [1.54, 1.807) is 37.3 Å². The van der Waals surface area contributed by atoms with Crippen LogP contribution in [0.25, 0.3) is 0 Å². The summed E-state index contributed by atoms with van der Waals surface area (Å²) in [5.74, 6) is -0.388. The molecule has 0 fully saturated rings. The van der Waals surface area contributed by atoms with Crippen molar-refractivity contribution in [3.8, 4) is 11.5 Å². The average molecular weight is 310 g/mol. The van der Waals surface area contributed by atoms with Gasteiger partial charge in [0.05, 0.1) is 17.7 Å². The lowest BCUT2D eigenvalue weighted by Crippen LogP contribution is -2.22. The lowest BCUT2D eigenvalue weighted by molar-refractivity contribution is 0.0973. The zero-order valence-electron chi connectivity index (χ0n) is 13.2. The van der Waals surface area contributed by atoms with Gasteiger partial charge >= 0.3 is 0 Å². The van der Waals surface area contributed by atoms with Crippen LogP contribution in [0, 0.1) is 6.92 Å². The highest BCUT2D eigenvalue weighted by atomic mass is 16.5. The highest BCUT2D eigenvalue weighted by Gasteiger charge is 2.35. The fraction of sp³-hybridized carbons (Fsp3) is 0.263. The first kappa shape index (κ1) is 15.3. The highest BCUT2D eigenvalue weighted by Crippen LogP contribution is 2.40. The minimum atomic E-state index is -0.336. The van der Waals surface area contributed by atoms with E-state index in [1.807, 2.05) is 6.92 Å². The monoisotopic (exact) mass is 310 g/mol. The molecule has 0 aliphatic heterocycles. The molecule has 0 atom stereocenters. The maximum Gasteiger partial charge on any atom is 0.198 e. The second-order valence-corrected chi connectivity index (χ2v) is 5.70. The van der Waals surface area contributed by atoms with Crippen LogP contribution in [0.1, 0.15) is 57.2 Å². The third-order valence-electron chi connectivity index (χ3n) is 4.08. The third-order valence-corrected chi connectivity index (χ3v) is 4.08. The van der Waals surface area contributed by atoms with E-state index in [9.17, 15) is 14.7 Å². The maximum atomic E-state index is 12.8. The predicted octanol–water partition coefficient (Wildman–Crippen LogP) is 3.65. The lowest BCUT2D eigenvalue weighted by Gasteiger charge is -2.22. The van der Waals surface area contributed by atoms with Gasteiger partial charge in [-0.25, -0.2) is 0 Å². The summed E-state index contributed by atoms with van der Waals surface area (Å²) in [6.45, 7) is 4.21. The number of aromatic hydroxyl groups is 1. The predicted molar refractivity (Wildman–Crippen MR) is 86.6 cm³/mol. The van der Waals surface area contributed by atoms with Crippen LogP contribution in [0.5, 0.6) is 11.5 Å². The van der Waals surface area contributed by atoms with Gasteiger partial charge in [0.15, 0.2) is 11.6 Å². The minimum absolute atomic E-state index is 0.0557. The first-order chi connectivity index (χ1) is 11.1. The Labute approximate surface area is 134 Å². The molecule has 4 heteroatoms. The van der Waals surface area contributed by atoms with Crippen LogP contribution < -0.4 is 4.74 Å². The number of hydrogen-bond donors (Lipinski definition) is 1. The van der Waals surface area contributed by atoms with Crippen LogP contribution in [0.4, 0.5) is 0 Å². The van der Waals surface area contributed by atoms with Gasteiger partial charge < -0.3 is 9.84 Å². The van der Waals surface area contributed by atoms with E-state index in [0.717, 1.165) is 12.8 Å². The molecule has 0 spiro atoms. The molecule has 1 N–H and O–H groups in total. The number of carbonyl (C=O) groups excluding carboxylic acids is 2.